The Bertz CT molecular complexity index is 608. The Morgan fingerprint density at radius 1 is 1.56 bits per heavy atom. The molecule has 0 aromatic heterocycles. The number of benzene rings is 1. The number of hydrogen-bond donors (Lipinski definition) is 2. The molecule has 96 valence electrons. The van der Waals surface area contributed by atoms with Crippen LogP contribution in [0.5, 0.6) is 0 Å². The van der Waals surface area contributed by atoms with Crippen LogP contribution in [0.15, 0.2) is 23.1 Å². The number of nitriles is 1. The normalized spacial score (nSPS) is 10.9. The Morgan fingerprint density at radius 3 is 2.78 bits per heavy atom. The number of nitrogens with one attached hydrogen (secondary N) is 1. The number of carboxylic acids is 1. The lowest BCUT2D eigenvalue weighted by atomic mass is 10.2. The highest BCUT2D eigenvalue weighted by Gasteiger charge is 2.21. The van der Waals surface area contributed by atoms with Crippen LogP contribution in [0, 0.1) is 17.1 Å². The summed E-state index contributed by atoms with van der Waals surface area (Å²) in [5, 5.41) is 16.9. The van der Waals surface area contributed by atoms with E-state index in [2.05, 4.69) is 4.84 Å². The molecule has 0 spiro atoms. The van der Waals surface area contributed by atoms with Gasteiger partial charge in [0.15, 0.2) is 6.61 Å². The predicted octanol–water partition coefficient (Wildman–Crippen LogP) is -0.00812. The molecule has 2 N–H and O–H groups in total. The monoisotopic (exact) mass is 274 g/mol. The van der Waals surface area contributed by atoms with E-state index < -0.39 is 38.9 Å². The molecule has 9 heteroatoms. The van der Waals surface area contributed by atoms with Crippen LogP contribution in [0.25, 0.3) is 0 Å². The second-order valence-electron chi connectivity index (χ2n) is 2.99. The van der Waals surface area contributed by atoms with Crippen molar-refractivity contribution in [2.45, 2.75) is 4.90 Å². The van der Waals surface area contributed by atoms with E-state index in [1.54, 1.807) is 0 Å². The molecule has 0 atom stereocenters. The predicted molar refractivity (Wildman–Crippen MR) is 55.0 cm³/mol. The summed E-state index contributed by atoms with van der Waals surface area (Å²) in [5.41, 5.74) is -0.677. The first-order valence-corrected chi connectivity index (χ1v) is 5.91. The molecule has 18 heavy (non-hydrogen) atoms. The van der Waals surface area contributed by atoms with Crippen LogP contribution in [0.1, 0.15) is 5.56 Å². The van der Waals surface area contributed by atoms with Gasteiger partial charge in [-0.1, -0.05) is 11.0 Å². The average Bonchev–Trinajstić information content (AvgIpc) is 2.27. The van der Waals surface area contributed by atoms with Gasteiger partial charge < -0.3 is 5.11 Å². The van der Waals surface area contributed by atoms with E-state index in [1.165, 1.54) is 11.0 Å². The number of sulfonamides is 1. The van der Waals surface area contributed by atoms with Crippen LogP contribution >= 0.6 is 0 Å². The number of halogens is 1. The van der Waals surface area contributed by atoms with E-state index in [4.69, 9.17) is 10.4 Å². The Kier molecular flexibility index (Phi) is 4.33. The SMILES string of the molecule is N#Cc1c(F)cccc1S(=O)(=O)NOCC(=O)O. The summed E-state index contributed by atoms with van der Waals surface area (Å²) in [7, 11) is -4.32. The van der Waals surface area contributed by atoms with E-state index in [1.807, 2.05) is 0 Å². The van der Waals surface area contributed by atoms with Gasteiger partial charge in [0.2, 0.25) is 0 Å². The Morgan fingerprint density at radius 2 is 2.22 bits per heavy atom. The summed E-state index contributed by atoms with van der Waals surface area (Å²) in [6, 6.07) is 4.42. The average molecular weight is 274 g/mol. The van der Waals surface area contributed by atoms with Gasteiger partial charge in [-0.15, -0.1) is 0 Å². The topological polar surface area (TPSA) is 116 Å². The quantitative estimate of drug-likeness (QED) is 0.729. The van der Waals surface area contributed by atoms with Gasteiger partial charge in [0.1, 0.15) is 22.3 Å². The molecule has 0 amide bonds. The molecular weight excluding hydrogens is 267 g/mol. The van der Waals surface area contributed by atoms with Gasteiger partial charge in [-0.3, -0.25) is 4.84 Å². The fourth-order valence-corrected chi connectivity index (χ4v) is 2.02. The summed E-state index contributed by atoms with van der Waals surface area (Å²) in [5.74, 6) is -2.39. The van der Waals surface area contributed by atoms with Gasteiger partial charge in [-0.2, -0.15) is 5.26 Å². The first-order valence-electron chi connectivity index (χ1n) is 4.42. The van der Waals surface area contributed by atoms with Crippen molar-refractivity contribution in [3.05, 3.63) is 29.6 Å². The van der Waals surface area contributed by atoms with Crippen LogP contribution in [0.2, 0.25) is 0 Å². The lowest BCUT2D eigenvalue weighted by Gasteiger charge is -2.07. The molecule has 0 aliphatic rings. The van der Waals surface area contributed by atoms with Gasteiger partial charge >= 0.3 is 5.97 Å². The zero-order chi connectivity index (χ0) is 13.8. The van der Waals surface area contributed by atoms with E-state index in [9.17, 15) is 17.6 Å². The molecule has 0 saturated carbocycles. The van der Waals surface area contributed by atoms with Crippen molar-refractivity contribution < 1.29 is 27.5 Å². The zero-order valence-corrected chi connectivity index (χ0v) is 9.57. The Hall–Kier alpha value is -2.02. The largest absolute Gasteiger partial charge is 0.479 e. The van der Waals surface area contributed by atoms with Gasteiger partial charge in [0.25, 0.3) is 10.0 Å². The molecule has 0 radical (unpaired) electrons. The minimum absolute atomic E-state index is 0.629. The van der Waals surface area contributed by atoms with Gasteiger partial charge in [0, 0.05) is 0 Å². The molecule has 0 saturated heterocycles. The van der Waals surface area contributed by atoms with Gasteiger partial charge in [-0.25, -0.2) is 17.6 Å². The summed E-state index contributed by atoms with van der Waals surface area (Å²) < 4.78 is 36.4. The van der Waals surface area contributed by atoms with E-state index in [0.717, 1.165) is 18.2 Å². The van der Waals surface area contributed by atoms with E-state index in [0.29, 0.717) is 0 Å². The summed E-state index contributed by atoms with van der Waals surface area (Å²) in [6.45, 7) is -0.906. The third-order valence-corrected chi connectivity index (χ3v) is 3.00. The fourth-order valence-electron chi connectivity index (χ4n) is 1.05. The highest BCUT2D eigenvalue weighted by molar-refractivity contribution is 7.89. The minimum atomic E-state index is -4.32. The molecule has 7 nitrogen and oxygen atoms in total. The second kappa shape index (κ2) is 5.54. The zero-order valence-electron chi connectivity index (χ0n) is 8.75. The highest BCUT2D eigenvalue weighted by atomic mass is 32.2. The van der Waals surface area contributed by atoms with Crippen LogP contribution < -0.4 is 4.89 Å². The number of carboxylic acid groups (broad SMARTS) is 1. The Labute approximate surface area is 101 Å². The molecule has 0 unspecified atom stereocenters. The summed E-state index contributed by atoms with van der Waals surface area (Å²) in [6.07, 6.45) is 0. The number of aliphatic carboxylic acids is 1. The maximum Gasteiger partial charge on any atom is 0.331 e. The third kappa shape index (κ3) is 3.24. The number of nitrogens with zero attached hydrogens (tertiary/aromatic N) is 1. The van der Waals surface area contributed by atoms with Crippen molar-refractivity contribution in [3.63, 3.8) is 0 Å². The molecule has 1 aromatic carbocycles. The molecule has 0 fully saturated rings. The molecule has 1 aromatic rings. The van der Waals surface area contributed by atoms with Crippen LogP contribution in [-0.4, -0.2) is 26.1 Å². The Balaban J connectivity index is 3.03. The molecule has 0 heterocycles. The summed E-state index contributed by atoms with van der Waals surface area (Å²) in [4.78, 5) is 15.2. The van der Waals surface area contributed by atoms with Crippen LogP contribution in [0.3, 0.4) is 0 Å². The van der Waals surface area contributed by atoms with E-state index in [-0.39, 0.29) is 0 Å². The maximum atomic E-state index is 13.2. The first kappa shape index (κ1) is 14.0. The fraction of sp³-hybridized carbons (Fsp3) is 0.111. The molecular formula is C9H7FN2O5S. The first-order chi connectivity index (χ1) is 8.38. The third-order valence-electron chi connectivity index (χ3n) is 1.74. The maximum absolute atomic E-state index is 13.2. The number of rotatable bonds is 5. The lowest BCUT2D eigenvalue weighted by Crippen LogP contribution is -2.27. The van der Waals surface area contributed by atoms with Gasteiger partial charge in [-0.05, 0) is 12.1 Å². The molecule has 0 aliphatic heterocycles. The highest BCUT2D eigenvalue weighted by Crippen LogP contribution is 2.17. The smallest absolute Gasteiger partial charge is 0.331 e. The van der Waals surface area contributed by atoms with E-state index >= 15 is 0 Å². The van der Waals surface area contributed by atoms with Crippen molar-refractivity contribution in [3.8, 4) is 6.07 Å². The van der Waals surface area contributed by atoms with Crippen molar-refractivity contribution in [1.82, 2.24) is 4.89 Å². The molecule has 0 aliphatic carbocycles. The van der Waals surface area contributed by atoms with Crippen LogP contribution in [0.4, 0.5) is 4.39 Å². The standard InChI is InChI=1S/C9H7FN2O5S/c10-7-2-1-3-8(6(7)4-11)18(15,16)12-17-5-9(13)14/h1-3,12H,5H2,(H,13,14). The number of hydrogen-bond acceptors (Lipinski definition) is 5. The minimum Gasteiger partial charge on any atom is -0.479 e. The number of carbonyl (C=O) groups is 1. The molecule has 1 rings (SSSR count). The van der Waals surface area contributed by atoms with Crippen molar-refractivity contribution in [2.75, 3.05) is 6.61 Å². The van der Waals surface area contributed by atoms with Crippen molar-refractivity contribution >= 4 is 16.0 Å². The van der Waals surface area contributed by atoms with Gasteiger partial charge in [0.05, 0.1) is 0 Å². The van der Waals surface area contributed by atoms with Crippen LogP contribution in [-0.2, 0) is 19.7 Å². The van der Waals surface area contributed by atoms with Crippen molar-refractivity contribution in [1.29, 1.82) is 5.26 Å². The summed E-state index contributed by atoms with van der Waals surface area (Å²) >= 11 is 0. The van der Waals surface area contributed by atoms with Crippen molar-refractivity contribution in [2.24, 2.45) is 0 Å². The molecule has 0 bridgehead atoms. The second-order valence-corrected chi connectivity index (χ2v) is 4.61. The lowest BCUT2D eigenvalue weighted by molar-refractivity contribution is -0.143.